The number of ether oxygens (including phenoxy) is 6. The van der Waals surface area contributed by atoms with Gasteiger partial charge in [0, 0.05) is 24.3 Å². The van der Waals surface area contributed by atoms with Crippen LogP contribution in [0.3, 0.4) is 0 Å². The molecule has 0 unspecified atom stereocenters. The Morgan fingerprint density at radius 3 is 1.14 bits per heavy atom. The quantitative estimate of drug-likeness (QED) is 0.0334. The fourth-order valence-corrected chi connectivity index (χ4v) is 6.00. The Morgan fingerprint density at radius 1 is 0.456 bits per heavy atom. The van der Waals surface area contributed by atoms with Gasteiger partial charge in [-0.15, -0.1) is 0 Å². The molecule has 4 aromatic carbocycles. The summed E-state index contributed by atoms with van der Waals surface area (Å²) in [7, 11) is -3.93. The summed E-state index contributed by atoms with van der Waals surface area (Å²) in [6.07, 6.45) is 10.6. The molecule has 0 atom stereocenters. The summed E-state index contributed by atoms with van der Waals surface area (Å²) in [5.41, 5.74) is 1.47. The minimum Gasteiger partial charge on any atom is -0.494 e. The number of hydrogen-bond donors (Lipinski definition) is 0. The zero-order valence-electron chi connectivity index (χ0n) is 31.1. The molecule has 0 saturated carbocycles. The van der Waals surface area contributed by atoms with Gasteiger partial charge in [0.25, 0.3) is 0 Å². The van der Waals surface area contributed by atoms with Crippen molar-refractivity contribution in [2.24, 2.45) is 0 Å². The molecule has 0 aliphatic rings. The van der Waals surface area contributed by atoms with Crippen molar-refractivity contribution in [3.63, 3.8) is 0 Å². The van der Waals surface area contributed by atoms with Crippen LogP contribution >= 0.6 is 0 Å². The van der Waals surface area contributed by atoms with Crippen LogP contribution in [-0.4, -0.2) is 58.7 Å². The molecule has 296 valence electrons. The molecule has 4 aromatic rings. The lowest BCUT2D eigenvalue weighted by atomic mass is 10.2. The van der Waals surface area contributed by atoms with Crippen LogP contribution in [-0.2, 0) is 38.5 Å². The van der Waals surface area contributed by atoms with Gasteiger partial charge in [-0.25, -0.2) is 27.6 Å². The first-order valence-corrected chi connectivity index (χ1v) is 19.3. The molecule has 0 aromatic heterocycles. The predicted molar refractivity (Wildman–Crippen MR) is 212 cm³/mol. The van der Waals surface area contributed by atoms with Crippen molar-refractivity contribution in [2.45, 2.75) is 35.5 Å². The van der Waals surface area contributed by atoms with Crippen LogP contribution in [0.5, 0.6) is 23.0 Å². The van der Waals surface area contributed by atoms with E-state index in [4.69, 9.17) is 28.4 Å². The van der Waals surface area contributed by atoms with Crippen LogP contribution in [0.15, 0.2) is 144 Å². The average molecular weight is 795 g/mol. The number of rotatable bonds is 22. The number of carbonyl (C=O) groups is 4. The molecule has 0 fully saturated rings. The minimum absolute atomic E-state index is 0.0214. The van der Waals surface area contributed by atoms with Crippen molar-refractivity contribution in [2.75, 3.05) is 26.4 Å². The van der Waals surface area contributed by atoms with Crippen LogP contribution in [0.25, 0.3) is 12.2 Å². The maximum atomic E-state index is 13.2. The molecule has 0 bridgehead atoms. The second-order valence-electron chi connectivity index (χ2n) is 11.9. The molecule has 57 heavy (non-hydrogen) atoms. The van der Waals surface area contributed by atoms with E-state index in [-0.39, 0.29) is 21.3 Å². The Bertz CT molecular complexity index is 1990. The van der Waals surface area contributed by atoms with Crippen molar-refractivity contribution in [3.8, 4) is 23.0 Å². The van der Waals surface area contributed by atoms with Gasteiger partial charge in [-0.2, -0.15) is 0 Å². The van der Waals surface area contributed by atoms with Crippen molar-refractivity contribution in [1.82, 2.24) is 0 Å². The summed E-state index contributed by atoms with van der Waals surface area (Å²) < 4.78 is 58.3. The normalized spacial score (nSPS) is 11.1. The highest BCUT2D eigenvalue weighted by molar-refractivity contribution is 7.91. The monoisotopic (exact) mass is 794 g/mol. The lowest BCUT2D eigenvalue weighted by molar-refractivity contribution is -0.138. The summed E-state index contributed by atoms with van der Waals surface area (Å²) in [4.78, 5) is 46.8. The molecular formula is C44H42O12S. The number of hydrogen-bond acceptors (Lipinski definition) is 12. The van der Waals surface area contributed by atoms with Crippen LogP contribution in [0.1, 0.15) is 36.8 Å². The topological polar surface area (TPSA) is 158 Å². The van der Waals surface area contributed by atoms with Crippen LogP contribution < -0.4 is 18.9 Å². The first-order chi connectivity index (χ1) is 27.5. The molecule has 0 radical (unpaired) electrons. The molecule has 0 N–H and O–H groups in total. The maximum Gasteiger partial charge on any atom is 0.336 e. The molecule has 0 saturated heterocycles. The van der Waals surface area contributed by atoms with Gasteiger partial charge in [0.05, 0.1) is 36.2 Å². The highest BCUT2D eigenvalue weighted by Gasteiger charge is 2.18. The third-order valence-corrected chi connectivity index (χ3v) is 9.51. The number of esters is 4. The summed E-state index contributed by atoms with van der Waals surface area (Å²) in [5.74, 6) is -0.595. The van der Waals surface area contributed by atoms with Crippen molar-refractivity contribution >= 4 is 45.9 Å². The van der Waals surface area contributed by atoms with Crippen LogP contribution in [0.2, 0.25) is 0 Å². The molecular weight excluding hydrogens is 753 g/mol. The van der Waals surface area contributed by atoms with E-state index in [2.05, 4.69) is 13.2 Å². The highest BCUT2D eigenvalue weighted by atomic mass is 32.2. The summed E-state index contributed by atoms with van der Waals surface area (Å²) in [6.45, 7) is 8.19. The van der Waals surface area contributed by atoms with Gasteiger partial charge in [0.1, 0.15) is 23.0 Å². The fourth-order valence-electron chi connectivity index (χ4n) is 4.74. The Balaban J connectivity index is 1.19. The zero-order chi connectivity index (χ0) is 40.9. The molecule has 0 aliphatic heterocycles. The fraction of sp³-hybridized carbons (Fsp3) is 0.182. The van der Waals surface area contributed by atoms with Gasteiger partial charge in [0.15, 0.2) is 0 Å². The van der Waals surface area contributed by atoms with Crippen molar-refractivity contribution < 1.29 is 56.0 Å². The SMILES string of the molecule is C=CC(=O)OCCCCOc1ccc(C=CC(=O)Oc2ccc(S(=O)(=O)c3ccc(OC(=O)C=Cc4ccc(OCCCCOC(=O)C=C)cc4)cc3)cc2)cc1. The zero-order valence-corrected chi connectivity index (χ0v) is 31.9. The third kappa shape index (κ3) is 15.1. The summed E-state index contributed by atoms with van der Waals surface area (Å²) in [5, 5.41) is 0. The first-order valence-electron chi connectivity index (χ1n) is 17.8. The van der Waals surface area contributed by atoms with E-state index in [0.717, 1.165) is 23.3 Å². The Labute approximate surface area is 331 Å². The largest absolute Gasteiger partial charge is 0.494 e. The number of sulfone groups is 1. The van der Waals surface area contributed by atoms with Gasteiger partial charge in [0.2, 0.25) is 9.84 Å². The van der Waals surface area contributed by atoms with Gasteiger partial charge in [-0.05, 0) is 122 Å². The third-order valence-electron chi connectivity index (χ3n) is 7.73. The molecule has 0 amide bonds. The van der Waals surface area contributed by atoms with Gasteiger partial charge in [-0.3, -0.25) is 0 Å². The van der Waals surface area contributed by atoms with Crippen molar-refractivity contribution in [3.05, 3.63) is 146 Å². The molecule has 13 heteroatoms. The summed E-state index contributed by atoms with van der Waals surface area (Å²) >= 11 is 0. The van der Waals surface area contributed by atoms with E-state index < -0.39 is 33.7 Å². The van der Waals surface area contributed by atoms with Gasteiger partial charge >= 0.3 is 23.9 Å². The summed E-state index contributed by atoms with van der Waals surface area (Å²) in [6, 6.07) is 25.0. The smallest absolute Gasteiger partial charge is 0.336 e. The van der Waals surface area contributed by atoms with Crippen LogP contribution in [0.4, 0.5) is 0 Å². The lowest BCUT2D eigenvalue weighted by Gasteiger charge is -2.08. The number of benzene rings is 4. The molecule has 0 spiro atoms. The van der Waals surface area contributed by atoms with E-state index in [1.165, 1.54) is 60.7 Å². The molecule has 12 nitrogen and oxygen atoms in total. The molecule has 0 heterocycles. The van der Waals surface area contributed by atoms with Crippen molar-refractivity contribution in [1.29, 1.82) is 0 Å². The average Bonchev–Trinajstić information content (AvgIpc) is 3.22. The molecule has 0 aliphatic carbocycles. The second kappa shape index (κ2) is 22.6. The van der Waals surface area contributed by atoms with E-state index in [0.29, 0.717) is 63.6 Å². The van der Waals surface area contributed by atoms with Gasteiger partial charge in [-0.1, -0.05) is 37.4 Å². The van der Waals surface area contributed by atoms with E-state index >= 15 is 0 Å². The Morgan fingerprint density at radius 2 is 0.789 bits per heavy atom. The number of unbranched alkanes of at least 4 members (excludes halogenated alkanes) is 2. The van der Waals surface area contributed by atoms with Gasteiger partial charge < -0.3 is 28.4 Å². The molecule has 4 rings (SSSR count). The maximum absolute atomic E-state index is 13.2. The number of carbonyl (C=O) groups excluding carboxylic acids is 4. The highest BCUT2D eigenvalue weighted by Crippen LogP contribution is 2.25. The predicted octanol–water partition coefficient (Wildman–Crippen LogP) is 7.53. The lowest BCUT2D eigenvalue weighted by Crippen LogP contribution is -2.06. The Kier molecular flexibility index (Phi) is 17.1. The van der Waals surface area contributed by atoms with E-state index in [1.54, 1.807) is 60.7 Å². The van der Waals surface area contributed by atoms with E-state index in [1.807, 2.05) is 0 Å². The second-order valence-corrected chi connectivity index (χ2v) is 13.9. The Hall–Kier alpha value is -6.73. The van der Waals surface area contributed by atoms with Crippen LogP contribution in [0, 0.1) is 0 Å². The van der Waals surface area contributed by atoms with E-state index in [9.17, 15) is 27.6 Å². The minimum atomic E-state index is -3.93. The standard InChI is InChI=1S/C44H42O12S/c1-3-41(45)53-31-7-5-29-51-35-15-9-33(10-16-35)13-27-43(47)55-37-19-23-39(24-20-37)57(49,50)40-25-21-38(22-26-40)56-44(48)28-14-34-11-17-36(18-12-34)52-30-6-8-32-54-42(46)4-2/h3-4,9-28H,1-2,5-8,29-32H2. The first kappa shape index (κ1) is 43.0.